The van der Waals surface area contributed by atoms with E-state index >= 15 is 0 Å². The fourth-order valence-corrected chi connectivity index (χ4v) is 2.67. The predicted octanol–water partition coefficient (Wildman–Crippen LogP) is 2.27. The number of nitrogens with one attached hydrogen (secondary N) is 2. The van der Waals surface area contributed by atoms with Gasteiger partial charge >= 0.3 is 12.0 Å². The molecule has 1 aromatic heterocycles. The van der Waals surface area contributed by atoms with E-state index in [0.29, 0.717) is 18.5 Å². The molecule has 1 aliphatic carbocycles. The number of thiophene rings is 1. The molecule has 0 radical (unpaired) electrons. The van der Waals surface area contributed by atoms with E-state index in [2.05, 4.69) is 10.6 Å². The van der Waals surface area contributed by atoms with Crippen molar-refractivity contribution in [3.63, 3.8) is 0 Å². The normalized spacial score (nSPS) is 17.6. The third-order valence-electron chi connectivity index (χ3n) is 3.00. The van der Waals surface area contributed by atoms with Crippen molar-refractivity contribution in [2.75, 3.05) is 5.32 Å². The molecule has 3 N–H and O–H groups in total. The van der Waals surface area contributed by atoms with Crippen molar-refractivity contribution in [2.45, 2.75) is 31.2 Å². The van der Waals surface area contributed by atoms with Crippen molar-refractivity contribution in [3.8, 4) is 0 Å². The van der Waals surface area contributed by atoms with Gasteiger partial charge in [0.05, 0.1) is 5.69 Å². The molecular weight excluding hydrogens is 240 g/mol. The van der Waals surface area contributed by atoms with E-state index in [1.807, 2.05) is 5.38 Å². The monoisotopic (exact) mass is 254 g/mol. The van der Waals surface area contributed by atoms with E-state index in [1.54, 1.807) is 11.4 Å². The van der Waals surface area contributed by atoms with Gasteiger partial charge in [-0.3, -0.25) is 0 Å². The standard InChI is InChI=1S/C11H14N2O3S/c14-9(15)11(4-1-2-5-11)13-10(16)12-8-3-6-17-7-8/h3,6-7H,1-2,4-5H2,(H,14,15)(H2,12,13,16). The summed E-state index contributed by atoms with van der Waals surface area (Å²) < 4.78 is 0. The second-order valence-corrected chi connectivity index (χ2v) is 4.97. The molecule has 17 heavy (non-hydrogen) atoms. The first-order valence-electron chi connectivity index (χ1n) is 5.47. The topological polar surface area (TPSA) is 78.4 Å². The van der Waals surface area contributed by atoms with Gasteiger partial charge in [0.15, 0.2) is 0 Å². The Bertz CT molecular complexity index is 410. The molecule has 6 heteroatoms. The molecule has 2 rings (SSSR count). The number of carboxylic acid groups (broad SMARTS) is 1. The van der Waals surface area contributed by atoms with Gasteiger partial charge in [0.25, 0.3) is 0 Å². The molecule has 0 atom stereocenters. The first-order valence-corrected chi connectivity index (χ1v) is 6.41. The maximum absolute atomic E-state index is 11.7. The lowest BCUT2D eigenvalue weighted by atomic mass is 9.98. The van der Waals surface area contributed by atoms with Crippen molar-refractivity contribution in [1.82, 2.24) is 5.32 Å². The van der Waals surface area contributed by atoms with Gasteiger partial charge in [0.2, 0.25) is 0 Å². The van der Waals surface area contributed by atoms with Crippen LogP contribution in [0.15, 0.2) is 16.8 Å². The van der Waals surface area contributed by atoms with Crippen LogP contribution in [0.2, 0.25) is 0 Å². The van der Waals surface area contributed by atoms with Crippen LogP contribution in [0.25, 0.3) is 0 Å². The van der Waals surface area contributed by atoms with Crippen LogP contribution < -0.4 is 10.6 Å². The average Bonchev–Trinajstić information content (AvgIpc) is 2.89. The minimum Gasteiger partial charge on any atom is -0.480 e. The number of hydrogen-bond acceptors (Lipinski definition) is 3. The molecule has 1 fully saturated rings. The summed E-state index contributed by atoms with van der Waals surface area (Å²) in [6.07, 6.45) is 2.68. The summed E-state index contributed by atoms with van der Waals surface area (Å²) in [6.45, 7) is 0. The summed E-state index contributed by atoms with van der Waals surface area (Å²) >= 11 is 1.47. The lowest BCUT2D eigenvalue weighted by molar-refractivity contribution is -0.144. The van der Waals surface area contributed by atoms with Crippen LogP contribution in [0.4, 0.5) is 10.5 Å². The SMILES string of the molecule is O=C(Nc1ccsc1)NC1(C(=O)O)CCCC1. The summed E-state index contributed by atoms with van der Waals surface area (Å²) in [5.41, 5.74) is -0.397. The molecule has 92 valence electrons. The Morgan fingerprint density at radius 2 is 2.06 bits per heavy atom. The minimum absolute atomic E-state index is 0.451. The van der Waals surface area contributed by atoms with Gasteiger partial charge in [0, 0.05) is 5.38 Å². The van der Waals surface area contributed by atoms with Gasteiger partial charge in [0.1, 0.15) is 5.54 Å². The average molecular weight is 254 g/mol. The van der Waals surface area contributed by atoms with Crippen LogP contribution in [0.3, 0.4) is 0 Å². The Morgan fingerprint density at radius 3 is 2.59 bits per heavy atom. The van der Waals surface area contributed by atoms with Crippen molar-refractivity contribution in [2.24, 2.45) is 0 Å². The molecule has 1 aromatic rings. The van der Waals surface area contributed by atoms with Crippen molar-refractivity contribution < 1.29 is 14.7 Å². The maximum Gasteiger partial charge on any atom is 0.329 e. The van der Waals surface area contributed by atoms with Gasteiger partial charge in [-0.1, -0.05) is 12.8 Å². The summed E-state index contributed by atoms with van der Waals surface area (Å²) in [6, 6.07) is 1.32. The number of anilines is 1. The summed E-state index contributed by atoms with van der Waals surface area (Å²) in [5.74, 6) is -0.949. The van der Waals surface area contributed by atoms with Gasteiger partial charge in [-0.2, -0.15) is 11.3 Å². The molecule has 2 amide bonds. The first kappa shape index (κ1) is 11.9. The first-order chi connectivity index (χ1) is 8.12. The molecule has 0 aromatic carbocycles. The molecule has 1 heterocycles. The molecule has 1 aliphatic rings. The van der Waals surface area contributed by atoms with E-state index in [-0.39, 0.29) is 0 Å². The van der Waals surface area contributed by atoms with E-state index in [1.165, 1.54) is 11.3 Å². The van der Waals surface area contributed by atoms with Crippen LogP contribution in [-0.2, 0) is 4.79 Å². The van der Waals surface area contributed by atoms with Gasteiger partial charge in [-0.05, 0) is 24.3 Å². The van der Waals surface area contributed by atoms with Crippen LogP contribution in [0.1, 0.15) is 25.7 Å². The lowest BCUT2D eigenvalue weighted by Crippen LogP contribution is -2.53. The third kappa shape index (κ3) is 2.58. The molecule has 0 spiro atoms. The fourth-order valence-electron chi connectivity index (χ4n) is 2.09. The van der Waals surface area contributed by atoms with E-state index < -0.39 is 17.5 Å². The maximum atomic E-state index is 11.7. The molecule has 0 saturated heterocycles. The zero-order valence-electron chi connectivity index (χ0n) is 9.23. The van der Waals surface area contributed by atoms with E-state index in [9.17, 15) is 14.7 Å². The van der Waals surface area contributed by atoms with Crippen molar-refractivity contribution in [3.05, 3.63) is 16.8 Å². The van der Waals surface area contributed by atoms with Crippen LogP contribution in [-0.4, -0.2) is 22.6 Å². The van der Waals surface area contributed by atoms with Crippen LogP contribution >= 0.6 is 11.3 Å². The van der Waals surface area contributed by atoms with Crippen molar-refractivity contribution in [1.29, 1.82) is 0 Å². The Morgan fingerprint density at radius 1 is 1.35 bits per heavy atom. The Kier molecular flexibility index (Phi) is 3.33. The number of aliphatic carboxylic acids is 1. The number of hydrogen-bond donors (Lipinski definition) is 3. The highest BCUT2D eigenvalue weighted by atomic mass is 32.1. The van der Waals surface area contributed by atoms with E-state index in [0.717, 1.165) is 12.8 Å². The number of amides is 2. The lowest BCUT2D eigenvalue weighted by Gasteiger charge is -2.25. The number of carbonyl (C=O) groups excluding carboxylic acids is 1. The van der Waals surface area contributed by atoms with E-state index in [4.69, 9.17) is 0 Å². The van der Waals surface area contributed by atoms with Crippen molar-refractivity contribution >= 4 is 29.0 Å². The molecule has 0 unspecified atom stereocenters. The largest absolute Gasteiger partial charge is 0.480 e. The number of carboxylic acids is 1. The summed E-state index contributed by atoms with van der Waals surface area (Å²) in [4.78, 5) is 22.9. The fraction of sp³-hybridized carbons (Fsp3) is 0.455. The Balaban J connectivity index is 1.99. The highest BCUT2D eigenvalue weighted by Gasteiger charge is 2.42. The number of urea groups is 1. The second kappa shape index (κ2) is 4.75. The summed E-state index contributed by atoms with van der Waals surface area (Å²) in [7, 11) is 0. The molecule has 0 aliphatic heterocycles. The molecule has 5 nitrogen and oxygen atoms in total. The highest BCUT2D eigenvalue weighted by molar-refractivity contribution is 7.08. The van der Waals surface area contributed by atoms with Gasteiger partial charge in [-0.25, -0.2) is 9.59 Å². The zero-order chi connectivity index (χ0) is 12.3. The minimum atomic E-state index is -1.08. The van der Waals surface area contributed by atoms with Crippen LogP contribution in [0.5, 0.6) is 0 Å². The Labute approximate surface area is 103 Å². The third-order valence-corrected chi connectivity index (χ3v) is 3.68. The van der Waals surface area contributed by atoms with Crippen LogP contribution in [0, 0.1) is 0 Å². The predicted molar refractivity (Wildman–Crippen MR) is 65.3 cm³/mol. The Hall–Kier alpha value is -1.56. The molecule has 0 bridgehead atoms. The summed E-state index contributed by atoms with van der Waals surface area (Å²) in [5, 5.41) is 18.0. The smallest absolute Gasteiger partial charge is 0.329 e. The number of rotatable bonds is 3. The number of carbonyl (C=O) groups is 2. The highest BCUT2D eigenvalue weighted by Crippen LogP contribution is 2.30. The zero-order valence-corrected chi connectivity index (χ0v) is 10.0. The molecule has 1 saturated carbocycles. The quantitative estimate of drug-likeness (QED) is 0.774. The second-order valence-electron chi connectivity index (χ2n) is 4.19. The molecular formula is C11H14N2O3S. The van der Waals surface area contributed by atoms with Gasteiger partial charge in [-0.15, -0.1) is 0 Å². The van der Waals surface area contributed by atoms with Gasteiger partial charge < -0.3 is 15.7 Å².